The molecule has 0 atom stereocenters. The molecule has 146 valence electrons. The maximum atomic E-state index is 12.5. The molecule has 0 N–H and O–H groups in total. The molecule has 2 aliphatic heterocycles. The van der Waals surface area contributed by atoms with E-state index in [-0.39, 0.29) is 30.7 Å². The maximum absolute atomic E-state index is 12.5. The summed E-state index contributed by atoms with van der Waals surface area (Å²) in [7, 11) is -7.76. The monoisotopic (exact) mass is 425 g/mol. The number of carbonyl (C=O) groups is 1. The Kier molecular flexibility index (Phi) is 4.40. The van der Waals surface area contributed by atoms with E-state index in [0.717, 1.165) is 12.2 Å². The third kappa shape index (κ3) is 2.88. The van der Waals surface area contributed by atoms with Crippen LogP contribution >= 0.6 is 0 Å². The van der Waals surface area contributed by atoms with Crippen LogP contribution in [0.1, 0.15) is 15.9 Å². The van der Waals surface area contributed by atoms with E-state index in [1.54, 1.807) is 24.3 Å². The van der Waals surface area contributed by atoms with E-state index in [1.165, 1.54) is 42.5 Å². The first-order valence-corrected chi connectivity index (χ1v) is 11.4. The number of carbonyl (C=O) groups excluding carboxylic acids is 1. The van der Waals surface area contributed by atoms with Crippen molar-refractivity contribution in [3.8, 4) is 0 Å². The predicted molar refractivity (Wildman–Crippen MR) is 105 cm³/mol. The standard InChI is InChI=1S/C21H14O6S2/c22-20-14-8-4-6-10-16(14)28(24,25)18(20)12-2-1-3-13-19-21(23)15-9-5-7-11-17(15)29(19,26)27/h1-13,22H/p-1. The van der Waals surface area contributed by atoms with Crippen molar-refractivity contribution in [2.24, 2.45) is 0 Å². The molecule has 0 aromatic heterocycles. The molecule has 0 radical (unpaired) electrons. The van der Waals surface area contributed by atoms with Crippen LogP contribution in [0.2, 0.25) is 0 Å². The van der Waals surface area contributed by atoms with Crippen molar-refractivity contribution in [2.75, 3.05) is 0 Å². The molecule has 2 aromatic rings. The molecule has 0 unspecified atom stereocenters. The van der Waals surface area contributed by atoms with E-state index < -0.39 is 31.2 Å². The fourth-order valence-electron chi connectivity index (χ4n) is 3.20. The van der Waals surface area contributed by atoms with Gasteiger partial charge in [-0.15, -0.1) is 0 Å². The van der Waals surface area contributed by atoms with Crippen LogP contribution in [0.25, 0.3) is 5.76 Å². The zero-order valence-corrected chi connectivity index (χ0v) is 16.4. The molecule has 0 bridgehead atoms. The van der Waals surface area contributed by atoms with Crippen molar-refractivity contribution in [3.05, 3.63) is 99.8 Å². The number of benzene rings is 2. The highest BCUT2D eigenvalue weighted by Crippen LogP contribution is 2.36. The summed E-state index contributed by atoms with van der Waals surface area (Å²) in [5, 5.41) is 12.3. The van der Waals surface area contributed by atoms with Gasteiger partial charge in [0, 0.05) is 5.56 Å². The molecular formula is C21H13O6S2-. The Morgan fingerprint density at radius 2 is 1.31 bits per heavy atom. The minimum atomic E-state index is -3.88. The molecule has 0 spiro atoms. The van der Waals surface area contributed by atoms with Gasteiger partial charge in [-0.2, -0.15) is 0 Å². The highest BCUT2D eigenvalue weighted by Gasteiger charge is 2.38. The lowest BCUT2D eigenvalue weighted by Gasteiger charge is -2.07. The van der Waals surface area contributed by atoms with Gasteiger partial charge in [-0.25, -0.2) is 16.8 Å². The van der Waals surface area contributed by atoms with Crippen LogP contribution in [0.4, 0.5) is 0 Å². The zero-order valence-electron chi connectivity index (χ0n) is 14.8. The van der Waals surface area contributed by atoms with Crippen LogP contribution in [0.5, 0.6) is 0 Å². The van der Waals surface area contributed by atoms with Crippen molar-refractivity contribution in [1.82, 2.24) is 0 Å². The van der Waals surface area contributed by atoms with Crippen LogP contribution < -0.4 is 5.11 Å². The third-order valence-electron chi connectivity index (χ3n) is 4.59. The van der Waals surface area contributed by atoms with E-state index in [0.29, 0.717) is 0 Å². The number of Topliss-reactive ketones (excluding diaryl/α,β-unsaturated/α-hetero) is 1. The van der Waals surface area contributed by atoms with Crippen LogP contribution in [0.3, 0.4) is 0 Å². The molecule has 2 aromatic carbocycles. The molecular weight excluding hydrogens is 412 g/mol. The fourth-order valence-corrected chi connectivity index (χ4v) is 6.32. The number of ketones is 1. The molecule has 8 heteroatoms. The largest absolute Gasteiger partial charge is 0.871 e. The van der Waals surface area contributed by atoms with Gasteiger partial charge in [-0.05, 0) is 35.9 Å². The minimum Gasteiger partial charge on any atom is -0.871 e. The van der Waals surface area contributed by atoms with E-state index in [9.17, 15) is 26.7 Å². The summed E-state index contributed by atoms with van der Waals surface area (Å²) in [6.45, 7) is 0. The van der Waals surface area contributed by atoms with Crippen molar-refractivity contribution in [1.29, 1.82) is 0 Å². The number of hydrogen-bond acceptors (Lipinski definition) is 6. The average Bonchev–Trinajstić information content (AvgIpc) is 3.02. The summed E-state index contributed by atoms with van der Waals surface area (Å²) in [6, 6.07) is 11.9. The number of allylic oxidation sites excluding steroid dienone is 6. The Bertz CT molecular complexity index is 1390. The average molecular weight is 425 g/mol. The molecule has 0 amide bonds. The van der Waals surface area contributed by atoms with E-state index in [4.69, 9.17) is 0 Å². The first-order chi connectivity index (χ1) is 13.8. The van der Waals surface area contributed by atoms with E-state index >= 15 is 0 Å². The quantitative estimate of drug-likeness (QED) is 0.551. The van der Waals surface area contributed by atoms with Gasteiger partial charge < -0.3 is 5.11 Å². The Labute approximate surface area is 167 Å². The van der Waals surface area contributed by atoms with Crippen molar-refractivity contribution in [2.45, 2.75) is 9.79 Å². The molecule has 4 rings (SSSR count). The lowest BCUT2D eigenvalue weighted by molar-refractivity contribution is -0.244. The van der Waals surface area contributed by atoms with Crippen LogP contribution in [-0.2, 0) is 19.7 Å². The number of fused-ring (bicyclic) bond motifs is 2. The van der Waals surface area contributed by atoms with Gasteiger partial charge in [0.25, 0.3) is 0 Å². The van der Waals surface area contributed by atoms with Gasteiger partial charge in [0.2, 0.25) is 25.5 Å². The highest BCUT2D eigenvalue weighted by atomic mass is 32.2. The topological polar surface area (TPSA) is 108 Å². The Hall–Kier alpha value is -3.23. The summed E-state index contributed by atoms with van der Waals surface area (Å²) in [4.78, 5) is 11.5. The van der Waals surface area contributed by atoms with Gasteiger partial charge in [-0.1, -0.05) is 54.3 Å². The van der Waals surface area contributed by atoms with Crippen LogP contribution in [0.15, 0.2) is 98.5 Å². The van der Waals surface area contributed by atoms with Crippen LogP contribution in [-0.4, -0.2) is 22.6 Å². The number of hydrogen-bond donors (Lipinski definition) is 0. The molecule has 6 nitrogen and oxygen atoms in total. The smallest absolute Gasteiger partial charge is 0.211 e. The molecule has 29 heavy (non-hydrogen) atoms. The highest BCUT2D eigenvalue weighted by molar-refractivity contribution is 7.97. The summed E-state index contributed by atoms with van der Waals surface area (Å²) in [5.41, 5.74) is 0.248. The lowest BCUT2D eigenvalue weighted by atomic mass is 10.1. The van der Waals surface area contributed by atoms with Gasteiger partial charge in [0.15, 0.2) is 0 Å². The van der Waals surface area contributed by atoms with Gasteiger partial charge in [0.1, 0.15) is 4.91 Å². The van der Waals surface area contributed by atoms with Crippen LogP contribution in [0, 0.1) is 0 Å². The molecule has 0 saturated heterocycles. The Morgan fingerprint density at radius 3 is 1.93 bits per heavy atom. The van der Waals surface area contributed by atoms with Crippen molar-refractivity contribution in [3.63, 3.8) is 0 Å². The number of rotatable bonds is 3. The SMILES string of the molecule is O=C1C(=CC=CC=CC2=C([O-])c3ccccc3S2(=O)=O)S(=O)(=O)c2ccccc21. The molecule has 0 saturated carbocycles. The van der Waals surface area contributed by atoms with Crippen molar-refractivity contribution < 1.29 is 26.7 Å². The normalized spacial score (nSPS) is 20.7. The Morgan fingerprint density at radius 1 is 0.724 bits per heavy atom. The second kappa shape index (κ2) is 6.68. The van der Waals surface area contributed by atoms with E-state index in [2.05, 4.69) is 0 Å². The summed E-state index contributed by atoms with van der Waals surface area (Å²) in [5.74, 6) is -1.18. The summed E-state index contributed by atoms with van der Waals surface area (Å²) < 4.78 is 49.8. The van der Waals surface area contributed by atoms with Gasteiger partial charge in [-0.3, -0.25) is 4.79 Å². The van der Waals surface area contributed by atoms with Gasteiger partial charge >= 0.3 is 0 Å². The molecule has 0 fully saturated rings. The third-order valence-corrected chi connectivity index (χ3v) is 8.26. The zero-order chi connectivity index (χ0) is 20.8. The summed E-state index contributed by atoms with van der Waals surface area (Å²) in [6.07, 6.45) is 6.30. The molecule has 2 aliphatic rings. The van der Waals surface area contributed by atoms with Gasteiger partial charge in [0.05, 0.1) is 14.7 Å². The lowest BCUT2D eigenvalue weighted by Crippen LogP contribution is -2.03. The predicted octanol–water partition coefficient (Wildman–Crippen LogP) is 2.17. The minimum absolute atomic E-state index is 0.0313. The first-order valence-electron chi connectivity index (χ1n) is 8.46. The molecule has 0 aliphatic carbocycles. The Balaban J connectivity index is 1.61. The maximum Gasteiger partial charge on any atom is 0.211 e. The summed E-state index contributed by atoms with van der Waals surface area (Å²) >= 11 is 0. The second-order valence-corrected chi connectivity index (χ2v) is 10.1. The van der Waals surface area contributed by atoms with Crippen molar-refractivity contribution >= 4 is 31.2 Å². The number of sulfone groups is 2. The molecule has 2 heterocycles. The second-order valence-electron chi connectivity index (χ2n) is 6.30. The first kappa shape index (κ1) is 19.1. The van der Waals surface area contributed by atoms with E-state index in [1.807, 2.05) is 0 Å². The fraction of sp³-hybridized carbons (Fsp3) is 0.